The lowest BCUT2D eigenvalue weighted by atomic mass is 9.97. The Morgan fingerprint density at radius 1 is 1.06 bits per heavy atom. The van der Waals surface area contributed by atoms with E-state index in [-0.39, 0.29) is 11.8 Å². The number of hydrogen-bond acceptors (Lipinski definition) is 5. The van der Waals surface area contributed by atoms with Crippen molar-refractivity contribution in [3.8, 4) is 5.75 Å². The third kappa shape index (κ3) is 4.76. The fraction of sp³-hybridized carbons (Fsp3) is 0.385. The van der Waals surface area contributed by atoms with E-state index in [0.717, 1.165) is 63.4 Å². The molecule has 0 saturated carbocycles. The van der Waals surface area contributed by atoms with E-state index in [9.17, 15) is 4.79 Å². The molecule has 1 fully saturated rings. The number of ether oxygens (including phenoxy) is 1. The van der Waals surface area contributed by atoms with Gasteiger partial charge in [0.1, 0.15) is 12.4 Å². The molecule has 2 aliphatic rings. The van der Waals surface area contributed by atoms with E-state index < -0.39 is 0 Å². The van der Waals surface area contributed by atoms with Crippen LogP contribution in [0.5, 0.6) is 5.75 Å². The van der Waals surface area contributed by atoms with Gasteiger partial charge in [0.15, 0.2) is 0 Å². The lowest BCUT2D eigenvalue weighted by molar-refractivity contribution is -0.123. The monoisotopic (exact) mass is 430 g/mol. The number of rotatable bonds is 5. The smallest absolute Gasteiger partial charge is 0.221 e. The number of primary amides is 1. The Kier molecular flexibility index (Phi) is 6.06. The van der Waals surface area contributed by atoms with E-state index in [1.807, 2.05) is 12.3 Å². The summed E-state index contributed by atoms with van der Waals surface area (Å²) in [7, 11) is 0. The van der Waals surface area contributed by atoms with Crippen LogP contribution in [-0.2, 0) is 24.4 Å². The van der Waals surface area contributed by atoms with Crippen LogP contribution >= 0.6 is 0 Å². The molecule has 3 heterocycles. The minimum absolute atomic E-state index is 0.0273. The van der Waals surface area contributed by atoms with E-state index in [2.05, 4.69) is 57.2 Å². The van der Waals surface area contributed by atoms with Crippen molar-refractivity contribution in [1.29, 1.82) is 0 Å². The van der Waals surface area contributed by atoms with Gasteiger partial charge in [0.25, 0.3) is 0 Å². The highest BCUT2D eigenvalue weighted by Crippen LogP contribution is 2.27. The summed E-state index contributed by atoms with van der Waals surface area (Å²) in [6.45, 7) is 5.93. The number of amides is 1. The Bertz CT molecular complexity index is 1120. The number of piperidine rings is 1. The standard InChI is InChI=1S/C26H30N4O2/c27-26(31)22-4-2-10-29(17-22)15-20-6-8-25-23(14-20)18-30(11-12-32-25)16-19-5-7-24-21(13-19)3-1-9-28-24/h1,3,5-9,13-14,22H,2,4,10-12,15-18H2,(H2,27,31). The van der Waals surface area contributed by atoms with E-state index in [1.54, 1.807) is 0 Å². The van der Waals surface area contributed by atoms with Crippen LogP contribution in [0.1, 0.15) is 29.5 Å². The first-order chi connectivity index (χ1) is 15.6. The van der Waals surface area contributed by atoms with Crippen LogP contribution in [-0.4, -0.2) is 46.9 Å². The second kappa shape index (κ2) is 9.27. The highest BCUT2D eigenvalue weighted by Gasteiger charge is 2.24. The maximum absolute atomic E-state index is 11.6. The van der Waals surface area contributed by atoms with Crippen LogP contribution in [0.15, 0.2) is 54.7 Å². The van der Waals surface area contributed by atoms with E-state index in [1.165, 1.54) is 22.1 Å². The SMILES string of the molecule is NC(=O)C1CCCN(Cc2ccc3c(c2)CN(Cc2ccc4ncccc4c2)CCO3)C1. The molecule has 2 N–H and O–H groups in total. The highest BCUT2D eigenvalue weighted by atomic mass is 16.5. The normalized spacial score (nSPS) is 19.8. The van der Waals surface area contributed by atoms with Crippen molar-refractivity contribution in [3.63, 3.8) is 0 Å². The Morgan fingerprint density at radius 2 is 1.91 bits per heavy atom. The number of benzene rings is 2. The summed E-state index contributed by atoms with van der Waals surface area (Å²) in [5, 5.41) is 1.18. The third-order valence-corrected chi connectivity index (χ3v) is 6.57. The Balaban J connectivity index is 1.29. The zero-order chi connectivity index (χ0) is 21.9. The summed E-state index contributed by atoms with van der Waals surface area (Å²) < 4.78 is 6.05. The minimum atomic E-state index is -0.176. The quantitative estimate of drug-likeness (QED) is 0.672. The first-order valence-corrected chi connectivity index (χ1v) is 11.5. The second-order valence-electron chi connectivity index (χ2n) is 9.01. The third-order valence-electron chi connectivity index (χ3n) is 6.57. The number of likely N-dealkylation sites (tertiary alicyclic amines) is 1. The highest BCUT2D eigenvalue weighted by molar-refractivity contribution is 5.79. The molecule has 3 aromatic rings. The van der Waals surface area contributed by atoms with Gasteiger partial charge in [0.2, 0.25) is 5.91 Å². The largest absolute Gasteiger partial charge is 0.492 e. The molecule has 1 atom stereocenters. The van der Waals surface area contributed by atoms with Gasteiger partial charge in [-0.1, -0.05) is 18.2 Å². The Morgan fingerprint density at radius 3 is 2.81 bits per heavy atom. The van der Waals surface area contributed by atoms with Gasteiger partial charge in [0.05, 0.1) is 11.4 Å². The van der Waals surface area contributed by atoms with Crippen LogP contribution in [0.2, 0.25) is 0 Å². The summed E-state index contributed by atoms with van der Waals surface area (Å²) in [6, 6.07) is 17.1. The van der Waals surface area contributed by atoms with Crippen molar-refractivity contribution in [3.05, 3.63) is 71.4 Å². The van der Waals surface area contributed by atoms with Crippen LogP contribution in [0.3, 0.4) is 0 Å². The van der Waals surface area contributed by atoms with Crippen molar-refractivity contribution in [2.24, 2.45) is 11.7 Å². The van der Waals surface area contributed by atoms with Gasteiger partial charge in [-0.25, -0.2) is 0 Å². The van der Waals surface area contributed by atoms with Gasteiger partial charge < -0.3 is 10.5 Å². The maximum Gasteiger partial charge on any atom is 0.221 e. The average Bonchev–Trinajstić information content (AvgIpc) is 3.00. The average molecular weight is 431 g/mol. The molecule has 2 aromatic carbocycles. The van der Waals surface area contributed by atoms with Crippen LogP contribution in [0.25, 0.3) is 10.9 Å². The van der Waals surface area contributed by atoms with Crippen molar-refractivity contribution in [1.82, 2.24) is 14.8 Å². The molecule has 6 heteroatoms. The molecule has 6 nitrogen and oxygen atoms in total. The molecule has 1 unspecified atom stereocenters. The molecule has 166 valence electrons. The number of fused-ring (bicyclic) bond motifs is 2. The van der Waals surface area contributed by atoms with Gasteiger partial charge in [-0.3, -0.25) is 19.6 Å². The summed E-state index contributed by atoms with van der Waals surface area (Å²) in [6.07, 6.45) is 3.76. The maximum atomic E-state index is 11.6. The molecule has 2 aliphatic heterocycles. The van der Waals surface area contributed by atoms with E-state index >= 15 is 0 Å². The number of carbonyl (C=O) groups excluding carboxylic acids is 1. The molecule has 5 rings (SSSR count). The fourth-order valence-electron chi connectivity index (χ4n) is 4.91. The van der Waals surface area contributed by atoms with Crippen molar-refractivity contribution < 1.29 is 9.53 Å². The van der Waals surface area contributed by atoms with E-state index in [4.69, 9.17) is 10.5 Å². The molecule has 32 heavy (non-hydrogen) atoms. The molecule has 0 spiro atoms. The molecule has 0 bridgehead atoms. The van der Waals surface area contributed by atoms with E-state index in [0.29, 0.717) is 6.61 Å². The molecule has 1 saturated heterocycles. The van der Waals surface area contributed by atoms with Crippen molar-refractivity contribution >= 4 is 16.8 Å². The molecule has 0 radical (unpaired) electrons. The van der Waals surface area contributed by atoms with Gasteiger partial charge in [-0.05, 0) is 60.8 Å². The van der Waals surface area contributed by atoms with Crippen molar-refractivity contribution in [2.75, 3.05) is 26.2 Å². The number of hydrogen-bond donors (Lipinski definition) is 1. The number of pyridine rings is 1. The van der Waals surface area contributed by atoms with Crippen LogP contribution < -0.4 is 10.5 Å². The van der Waals surface area contributed by atoms with Crippen LogP contribution in [0.4, 0.5) is 0 Å². The summed E-state index contributed by atoms with van der Waals surface area (Å²) in [5.41, 5.74) is 10.4. The lowest BCUT2D eigenvalue weighted by Crippen LogP contribution is -2.40. The zero-order valence-corrected chi connectivity index (χ0v) is 18.4. The molecule has 1 amide bonds. The van der Waals surface area contributed by atoms with Gasteiger partial charge in [0, 0.05) is 49.9 Å². The molecule has 0 aliphatic carbocycles. The molecule has 1 aromatic heterocycles. The first-order valence-electron chi connectivity index (χ1n) is 11.5. The Labute approximate surface area is 189 Å². The molecular weight excluding hydrogens is 400 g/mol. The fourth-order valence-corrected chi connectivity index (χ4v) is 4.91. The summed E-state index contributed by atoms with van der Waals surface area (Å²) in [4.78, 5) is 20.8. The lowest BCUT2D eigenvalue weighted by Gasteiger charge is -2.31. The second-order valence-corrected chi connectivity index (χ2v) is 9.01. The number of nitrogens with zero attached hydrogens (tertiary/aromatic N) is 3. The first kappa shape index (κ1) is 20.9. The van der Waals surface area contributed by atoms with Gasteiger partial charge >= 0.3 is 0 Å². The summed E-state index contributed by atoms with van der Waals surface area (Å²) in [5.74, 6) is 0.776. The summed E-state index contributed by atoms with van der Waals surface area (Å²) >= 11 is 0. The number of aromatic nitrogens is 1. The van der Waals surface area contributed by atoms with Gasteiger partial charge in [-0.2, -0.15) is 0 Å². The van der Waals surface area contributed by atoms with Crippen LogP contribution in [0, 0.1) is 5.92 Å². The number of carbonyl (C=O) groups is 1. The Hall–Kier alpha value is -2.96. The number of nitrogens with two attached hydrogens (primary N) is 1. The zero-order valence-electron chi connectivity index (χ0n) is 18.4. The van der Waals surface area contributed by atoms with Crippen molar-refractivity contribution in [2.45, 2.75) is 32.5 Å². The predicted molar refractivity (Wildman–Crippen MR) is 125 cm³/mol. The van der Waals surface area contributed by atoms with Gasteiger partial charge in [-0.15, -0.1) is 0 Å². The predicted octanol–water partition coefficient (Wildman–Crippen LogP) is 3.33. The topological polar surface area (TPSA) is 71.7 Å². The minimum Gasteiger partial charge on any atom is -0.492 e. The molecular formula is C26H30N4O2.